The molecule has 3 rings (SSSR count). The number of amides is 1. The molecule has 0 radical (unpaired) electrons. The van der Waals surface area contributed by atoms with Gasteiger partial charge in [0.2, 0.25) is 5.91 Å². The number of nitrogen functional groups attached to an aromatic ring is 1. The Kier molecular flexibility index (Phi) is 7.73. The summed E-state index contributed by atoms with van der Waals surface area (Å²) in [4.78, 5) is 43.8. The lowest BCUT2D eigenvalue weighted by Crippen LogP contribution is -2.44. The van der Waals surface area contributed by atoms with Crippen molar-refractivity contribution in [1.29, 1.82) is 0 Å². The smallest absolute Gasteiger partial charge is 0.330 e. The molecule has 174 valence electrons. The number of nitrogens with zero attached hydrogens (tertiary/aromatic N) is 3. The van der Waals surface area contributed by atoms with Gasteiger partial charge in [0.15, 0.2) is 5.69 Å². The van der Waals surface area contributed by atoms with Gasteiger partial charge in [-0.3, -0.25) is 24.0 Å². The number of nitrogens with two attached hydrogens (primary N) is 1. The first-order chi connectivity index (χ1) is 15.7. The van der Waals surface area contributed by atoms with Crippen LogP contribution < -0.4 is 21.9 Å². The van der Waals surface area contributed by atoms with E-state index in [1.54, 1.807) is 19.1 Å². The van der Waals surface area contributed by atoms with E-state index in [2.05, 4.69) is 4.98 Å². The lowest BCUT2D eigenvalue weighted by molar-refractivity contribution is -0.119. The zero-order valence-electron chi connectivity index (χ0n) is 18.9. The molecule has 3 aromatic rings. The van der Waals surface area contributed by atoms with Gasteiger partial charge < -0.3 is 10.6 Å². The number of nitrogens with one attached hydrogen (secondary N) is 1. The monoisotopic (exact) mass is 469 g/mol. The van der Waals surface area contributed by atoms with Gasteiger partial charge >= 0.3 is 5.69 Å². The van der Waals surface area contributed by atoms with Gasteiger partial charge in [0.25, 0.3) is 5.56 Å². The Hall–Kier alpha value is -3.36. The molecule has 0 spiro atoms. The fourth-order valence-electron chi connectivity index (χ4n) is 3.65. The second-order valence-corrected chi connectivity index (χ2v) is 8.28. The average molecular weight is 470 g/mol. The first kappa shape index (κ1) is 24.3. The van der Waals surface area contributed by atoms with E-state index in [9.17, 15) is 14.4 Å². The minimum Gasteiger partial charge on any atom is -0.383 e. The molecule has 8 nitrogen and oxygen atoms in total. The van der Waals surface area contributed by atoms with Gasteiger partial charge in [0.1, 0.15) is 5.82 Å². The molecule has 0 aliphatic carbocycles. The van der Waals surface area contributed by atoms with Crippen LogP contribution in [-0.2, 0) is 11.3 Å². The fraction of sp³-hybridized carbons (Fsp3) is 0.292. The number of hydrogen-bond donors (Lipinski definition) is 2. The largest absolute Gasteiger partial charge is 0.383 e. The van der Waals surface area contributed by atoms with Crippen molar-refractivity contribution in [3.63, 3.8) is 0 Å². The van der Waals surface area contributed by atoms with E-state index >= 15 is 0 Å². The molecular formula is C24H28ClN5O3. The van der Waals surface area contributed by atoms with Crippen molar-refractivity contribution in [3.8, 4) is 0 Å². The Labute approximate surface area is 197 Å². The number of likely N-dealkylation sites (N-methyl/N-ethyl adjacent to an activating group) is 2. The van der Waals surface area contributed by atoms with Gasteiger partial charge in [-0.1, -0.05) is 54.1 Å². The van der Waals surface area contributed by atoms with Crippen molar-refractivity contribution in [2.75, 3.05) is 30.8 Å². The van der Waals surface area contributed by atoms with Crippen molar-refractivity contribution in [3.05, 3.63) is 91.6 Å². The van der Waals surface area contributed by atoms with Crippen LogP contribution >= 0.6 is 11.6 Å². The van der Waals surface area contributed by atoms with Gasteiger partial charge in [-0.2, -0.15) is 0 Å². The van der Waals surface area contributed by atoms with Gasteiger partial charge in [-0.15, -0.1) is 0 Å². The second-order valence-electron chi connectivity index (χ2n) is 7.85. The second kappa shape index (κ2) is 10.5. The zero-order valence-corrected chi connectivity index (χ0v) is 19.7. The summed E-state index contributed by atoms with van der Waals surface area (Å²) in [5.74, 6) is -0.348. The van der Waals surface area contributed by atoms with E-state index in [0.717, 1.165) is 11.1 Å². The van der Waals surface area contributed by atoms with Crippen LogP contribution in [0.1, 0.15) is 31.0 Å². The van der Waals surface area contributed by atoms with Gasteiger partial charge in [-0.25, -0.2) is 4.79 Å². The number of aromatic amines is 1. The predicted molar refractivity (Wildman–Crippen MR) is 132 cm³/mol. The molecule has 1 amide bonds. The Morgan fingerprint density at radius 2 is 1.76 bits per heavy atom. The van der Waals surface area contributed by atoms with Crippen LogP contribution in [0, 0.1) is 0 Å². The molecule has 0 fully saturated rings. The number of benzene rings is 2. The minimum atomic E-state index is -0.689. The van der Waals surface area contributed by atoms with Crippen molar-refractivity contribution in [1.82, 2.24) is 14.5 Å². The molecule has 1 aromatic heterocycles. The summed E-state index contributed by atoms with van der Waals surface area (Å²) in [7, 11) is 1.83. The highest BCUT2D eigenvalue weighted by Crippen LogP contribution is 2.22. The van der Waals surface area contributed by atoms with Crippen LogP contribution in [0.5, 0.6) is 0 Å². The highest BCUT2D eigenvalue weighted by Gasteiger charge is 2.25. The number of hydrogen-bond acceptors (Lipinski definition) is 5. The maximum Gasteiger partial charge on any atom is 0.330 e. The maximum atomic E-state index is 13.2. The van der Waals surface area contributed by atoms with Crippen LogP contribution in [0.3, 0.4) is 0 Å². The predicted octanol–water partition coefficient (Wildman–Crippen LogP) is 2.87. The first-order valence-corrected chi connectivity index (χ1v) is 11.0. The number of anilines is 2. The van der Waals surface area contributed by atoms with E-state index in [0.29, 0.717) is 5.02 Å². The van der Waals surface area contributed by atoms with Crippen LogP contribution in [0.4, 0.5) is 11.5 Å². The number of rotatable bonds is 8. The number of H-pyrrole nitrogens is 1. The third kappa shape index (κ3) is 5.53. The van der Waals surface area contributed by atoms with Crippen LogP contribution in [0.15, 0.2) is 64.2 Å². The summed E-state index contributed by atoms with van der Waals surface area (Å²) >= 11 is 5.97. The Morgan fingerprint density at radius 1 is 1.12 bits per heavy atom. The Bertz CT molecular complexity index is 1220. The Balaban J connectivity index is 1.87. The third-order valence-corrected chi connectivity index (χ3v) is 5.94. The highest BCUT2D eigenvalue weighted by atomic mass is 35.5. The zero-order chi connectivity index (χ0) is 24.1. The van der Waals surface area contributed by atoms with Gasteiger partial charge in [0.05, 0.1) is 13.1 Å². The highest BCUT2D eigenvalue weighted by molar-refractivity contribution is 6.30. The molecule has 1 atom stereocenters. The number of carbonyl (C=O) groups is 1. The molecule has 1 heterocycles. The molecule has 0 aliphatic heterocycles. The molecule has 3 N–H and O–H groups in total. The summed E-state index contributed by atoms with van der Waals surface area (Å²) in [6, 6.07) is 16.6. The van der Waals surface area contributed by atoms with E-state index in [-0.39, 0.29) is 43.1 Å². The van der Waals surface area contributed by atoms with Crippen molar-refractivity contribution < 1.29 is 4.79 Å². The van der Waals surface area contributed by atoms with Crippen molar-refractivity contribution >= 4 is 29.0 Å². The van der Waals surface area contributed by atoms with Gasteiger partial charge in [-0.05, 0) is 44.2 Å². The molecule has 0 bridgehead atoms. The van der Waals surface area contributed by atoms with Crippen LogP contribution in [0.25, 0.3) is 0 Å². The first-order valence-electron chi connectivity index (χ1n) is 10.7. The number of halogens is 1. The third-order valence-electron chi connectivity index (χ3n) is 5.68. The van der Waals surface area contributed by atoms with E-state index in [4.69, 9.17) is 17.3 Å². The molecule has 9 heteroatoms. The summed E-state index contributed by atoms with van der Waals surface area (Å²) < 4.78 is 1.27. The average Bonchev–Trinajstić information content (AvgIpc) is 2.80. The van der Waals surface area contributed by atoms with Crippen LogP contribution in [-0.4, -0.2) is 40.5 Å². The summed E-state index contributed by atoms with van der Waals surface area (Å²) in [6.07, 6.45) is 0. The van der Waals surface area contributed by atoms with Gasteiger partial charge in [0, 0.05) is 17.6 Å². The van der Waals surface area contributed by atoms with E-state index in [1.165, 1.54) is 9.47 Å². The molecular weight excluding hydrogens is 442 g/mol. The molecule has 0 saturated carbocycles. The molecule has 33 heavy (non-hydrogen) atoms. The fourth-order valence-corrected chi connectivity index (χ4v) is 3.78. The lowest BCUT2D eigenvalue weighted by Gasteiger charge is -2.28. The lowest BCUT2D eigenvalue weighted by atomic mass is 10.1. The molecule has 0 aliphatic rings. The normalized spacial score (nSPS) is 12.0. The number of aromatic nitrogens is 2. The quantitative estimate of drug-likeness (QED) is 0.528. The maximum absolute atomic E-state index is 13.2. The van der Waals surface area contributed by atoms with Crippen molar-refractivity contribution in [2.45, 2.75) is 26.4 Å². The molecule has 1 unspecified atom stereocenters. The molecule has 2 aromatic carbocycles. The molecule has 0 saturated heterocycles. The number of carbonyl (C=O) groups excluding carboxylic acids is 1. The summed E-state index contributed by atoms with van der Waals surface area (Å²) in [5.41, 5.74) is 6.78. The van der Waals surface area contributed by atoms with Crippen molar-refractivity contribution in [2.24, 2.45) is 0 Å². The van der Waals surface area contributed by atoms with Crippen LogP contribution in [0.2, 0.25) is 5.02 Å². The SMILES string of the molecule is CCN(C(=O)CN(C)C(C)c1ccc(Cl)cc1)c1c(N)n(Cc2ccccc2)c(=O)[nH]c1=O. The summed E-state index contributed by atoms with van der Waals surface area (Å²) in [6.45, 7) is 4.18. The van der Waals surface area contributed by atoms with E-state index in [1.807, 2.05) is 61.3 Å². The summed E-state index contributed by atoms with van der Waals surface area (Å²) in [5, 5.41) is 0.641. The minimum absolute atomic E-state index is 0.0226. The van der Waals surface area contributed by atoms with E-state index < -0.39 is 11.2 Å². The Morgan fingerprint density at radius 3 is 2.36 bits per heavy atom. The standard InChI is InChI=1S/C24H28ClN5O3/c1-4-29(20(31)15-28(3)16(2)18-10-12-19(25)13-11-18)21-22(26)30(24(33)27-23(21)32)14-17-8-6-5-7-9-17/h5-13,16H,4,14-15,26H2,1-3H3,(H,27,32,33). The topological polar surface area (TPSA) is 104 Å².